The summed E-state index contributed by atoms with van der Waals surface area (Å²) in [7, 11) is 3.50. The first kappa shape index (κ1) is 15.3. The van der Waals surface area contributed by atoms with Gasteiger partial charge in [-0.25, -0.2) is 0 Å². The molecule has 2 rings (SSSR count). The first-order valence-electron chi connectivity index (χ1n) is 7.27. The topological polar surface area (TPSA) is 53.1 Å². The second kappa shape index (κ2) is 6.54. The third-order valence-electron chi connectivity index (χ3n) is 4.41. The number of methoxy groups -OCH3 is 1. The first-order valence-corrected chi connectivity index (χ1v) is 7.27. The number of likely N-dealkylation sites (tertiary alicyclic amines) is 1. The minimum Gasteiger partial charge on any atom is -0.469 e. The van der Waals surface area contributed by atoms with E-state index in [9.17, 15) is 9.59 Å². The predicted octanol–water partition coefficient (Wildman–Crippen LogP) is -0.499. The molecule has 20 heavy (non-hydrogen) atoms. The van der Waals surface area contributed by atoms with Crippen LogP contribution in [0.2, 0.25) is 0 Å². The molecule has 0 aromatic carbocycles. The van der Waals surface area contributed by atoms with Gasteiger partial charge in [0.2, 0.25) is 5.91 Å². The summed E-state index contributed by atoms with van der Waals surface area (Å²) < 4.78 is 4.82. The molecule has 0 N–H and O–H groups in total. The third kappa shape index (κ3) is 3.49. The second-order valence-corrected chi connectivity index (χ2v) is 5.99. The number of rotatable bonds is 3. The largest absolute Gasteiger partial charge is 0.469 e. The maximum Gasteiger partial charge on any atom is 0.310 e. The monoisotopic (exact) mass is 283 g/mol. The Morgan fingerprint density at radius 3 is 2.40 bits per heavy atom. The number of amides is 1. The lowest BCUT2D eigenvalue weighted by molar-refractivity contribution is -0.146. The zero-order valence-electron chi connectivity index (χ0n) is 12.7. The van der Waals surface area contributed by atoms with Crippen LogP contribution < -0.4 is 0 Å². The third-order valence-corrected chi connectivity index (χ3v) is 4.41. The molecule has 2 aliphatic heterocycles. The number of ether oxygens (including phenoxy) is 1. The number of likely N-dealkylation sites (N-methyl/N-ethyl adjacent to an activating group) is 1. The average molecular weight is 283 g/mol. The minimum atomic E-state index is -0.160. The predicted molar refractivity (Wildman–Crippen MR) is 75.2 cm³/mol. The van der Waals surface area contributed by atoms with Crippen LogP contribution in [0.15, 0.2) is 0 Å². The van der Waals surface area contributed by atoms with Crippen LogP contribution in [-0.2, 0) is 14.3 Å². The molecular formula is C14H25N3O3. The van der Waals surface area contributed by atoms with Crippen molar-refractivity contribution < 1.29 is 14.3 Å². The number of piperazine rings is 1. The molecule has 0 bridgehead atoms. The van der Waals surface area contributed by atoms with Gasteiger partial charge in [0, 0.05) is 39.3 Å². The summed E-state index contributed by atoms with van der Waals surface area (Å²) in [6, 6.07) is 0. The molecule has 2 saturated heterocycles. The molecule has 0 aromatic heterocycles. The van der Waals surface area contributed by atoms with Gasteiger partial charge in [-0.05, 0) is 13.0 Å². The van der Waals surface area contributed by atoms with Crippen molar-refractivity contribution in [3.8, 4) is 0 Å². The lowest BCUT2D eigenvalue weighted by Crippen LogP contribution is -2.49. The van der Waals surface area contributed by atoms with Crippen LogP contribution in [0.5, 0.6) is 0 Å². The summed E-state index contributed by atoms with van der Waals surface area (Å²) in [4.78, 5) is 30.1. The van der Waals surface area contributed by atoms with Crippen LogP contribution in [-0.4, -0.2) is 86.5 Å². The summed E-state index contributed by atoms with van der Waals surface area (Å²) in [6.45, 7) is 7.37. The second-order valence-electron chi connectivity index (χ2n) is 5.99. The Balaban J connectivity index is 1.82. The van der Waals surface area contributed by atoms with Gasteiger partial charge in [0.15, 0.2) is 0 Å². The van der Waals surface area contributed by atoms with Crippen LogP contribution in [0.1, 0.15) is 6.92 Å². The van der Waals surface area contributed by atoms with E-state index in [1.165, 1.54) is 7.11 Å². The molecule has 1 amide bonds. The Labute approximate surface area is 120 Å². The molecule has 2 aliphatic rings. The number of carbonyl (C=O) groups excluding carboxylic acids is 2. The van der Waals surface area contributed by atoms with Gasteiger partial charge in [-0.3, -0.25) is 14.5 Å². The lowest BCUT2D eigenvalue weighted by Gasteiger charge is -2.33. The molecule has 6 heteroatoms. The van der Waals surface area contributed by atoms with Crippen molar-refractivity contribution in [2.75, 3.05) is 60.0 Å². The van der Waals surface area contributed by atoms with Crippen LogP contribution in [0, 0.1) is 11.8 Å². The average Bonchev–Trinajstić information content (AvgIpc) is 2.79. The fraction of sp³-hybridized carbons (Fsp3) is 0.857. The number of hydrogen-bond acceptors (Lipinski definition) is 5. The Hall–Kier alpha value is -1.14. The number of carbonyl (C=O) groups is 2. The molecule has 2 heterocycles. The van der Waals surface area contributed by atoms with E-state index >= 15 is 0 Å². The van der Waals surface area contributed by atoms with E-state index < -0.39 is 0 Å². The SMILES string of the molecule is COC(=O)C1CN(CC(=O)N2CCN(C)CC2)CC1C. The van der Waals surface area contributed by atoms with Gasteiger partial charge < -0.3 is 14.5 Å². The van der Waals surface area contributed by atoms with Gasteiger partial charge >= 0.3 is 5.97 Å². The highest BCUT2D eigenvalue weighted by molar-refractivity contribution is 5.79. The van der Waals surface area contributed by atoms with Gasteiger partial charge in [0.1, 0.15) is 0 Å². The Kier molecular flexibility index (Phi) is 4.99. The lowest BCUT2D eigenvalue weighted by atomic mass is 9.99. The normalized spacial score (nSPS) is 28.6. The van der Waals surface area contributed by atoms with Crippen molar-refractivity contribution in [2.45, 2.75) is 6.92 Å². The summed E-state index contributed by atoms with van der Waals surface area (Å²) in [5, 5.41) is 0. The number of nitrogens with zero attached hydrogens (tertiary/aromatic N) is 3. The summed E-state index contributed by atoms with van der Waals surface area (Å²) in [5.41, 5.74) is 0. The van der Waals surface area contributed by atoms with Crippen LogP contribution in [0.3, 0.4) is 0 Å². The molecule has 2 fully saturated rings. The van der Waals surface area contributed by atoms with Crippen LogP contribution in [0.4, 0.5) is 0 Å². The summed E-state index contributed by atoms with van der Waals surface area (Å²) in [6.07, 6.45) is 0. The van der Waals surface area contributed by atoms with Gasteiger partial charge in [0.25, 0.3) is 0 Å². The first-order chi connectivity index (χ1) is 9.51. The van der Waals surface area contributed by atoms with Crippen LogP contribution >= 0.6 is 0 Å². The van der Waals surface area contributed by atoms with Crippen molar-refractivity contribution in [3.05, 3.63) is 0 Å². The molecule has 114 valence electrons. The highest BCUT2D eigenvalue weighted by atomic mass is 16.5. The van der Waals surface area contributed by atoms with Crippen molar-refractivity contribution >= 4 is 11.9 Å². The van der Waals surface area contributed by atoms with Crippen LogP contribution in [0.25, 0.3) is 0 Å². The maximum absolute atomic E-state index is 12.3. The van der Waals surface area contributed by atoms with Gasteiger partial charge in [-0.15, -0.1) is 0 Å². The maximum atomic E-state index is 12.3. The highest BCUT2D eigenvalue weighted by Gasteiger charge is 2.36. The molecule has 0 aliphatic carbocycles. The fourth-order valence-electron chi connectivity index (χ4n) is 3.00. The van der Waals surface area contributed by atoms with E-state index in [2.05, 4.69) is 16.8 Å². The van der Waals surface area contributed by atoms with Gasteiger partial charge in [0.05, 0.1) is 19.6 Å². The minimum absolute atomic E-state index is 0.0970. The Bertz CT molecular complexity index is 367. The number of esters is 1. The molecule has 0 radical (unpaired) electrons. The van der Waals surface area contributed by atoms with Gasteiger partial charge in [-0.2, -0.15) is 0 Å². The molecule has 0 aromatic rings. The quantitative estimate of drug-likeness (QED) is 0.654. The van der Waals surface area contributed by atoms with E-state index in [1.54, 1.807) is 0 Å². The van der Waals surface area contributed by atoms with E-state index in [1.807, 2.05) is 11.8 Å². The van der Waals surface area contributed by atoms with Gasteiger partial charge in [-0.1, -0.05) is 6.92 Å². The van der Waals surface area contributed by atoms with E-state index in [0.717, 1.165) is 32.7 Å². The number of hydrogen-bond donors (Lipinski definition) is 0. The molecule has 0 spiro atoms. The summed E-state index contributed by atoms with van der Waals surface area (Å²) in [5.74, 6) is 0.172. The summed E-state index contributed by atoms with van der Waals surface area (Å²) >= 11 is 0. The zero-order chi connectivity index (χ0) is 14.7. The highest BCUT2D eigenvalue weighted by Crippen LogP contribution is 2.23. The standard InChI is InChI=1S/C14H25N3O3/c1-11-8-16(9-12(11)14(19)20-3)10-13(18)17-6-4-15(2)5-7-17/h11-12H,4-10H2,1-3H3. The van der Waals surface area contributed by atoms with E-state index in [4.69, 9.17) is 4.74 Å². The van der Waals surface area contributed by atoms with E-state index in [0.29, 0.717) is 13.1 Å². The Morgan fingerprint density at radius 2 is 1.80 bits per heavy atom. The van der Waals surface area contributed by atoms with E-state index in [-0.39, 0.29) is 23.7 Å². The van der Waals surface area contributed by atoms with Crippen molar-refractivity contribution in [1.82, 2.24) is 14.7 Å². The molecule has 2 unspecified atom stereocenters. The molecule has 2 atom stereocenters. The fourth-order valence-corrected chi connectivity index (χ4v) is 3.00. The molecule has 6 nitrogen and oxygen atoms in total. The smallest absolute Gasteiger partial charge is 0.310 e. The molecular weight excluding hydrogens is 258 g/mol. The van der Waals surface area contributed by atoms with Crippen molar-refractivity contribution in [2.24, 2.45) is 11.8 Å². The van der Waals surface area contributed by atoms with Crippen molar-refractivity contribution in [3.63, 3.8) is 0 Å². The van der Waals surface area contributed by atoms with Crippen molar-refractivity contribution in [1.29, 1.82) is 0 Å². The Morgan fingerprint density at radius 1 is 1.15 bits per heavy atom. The zero-order valence-corrected chi connectivity index (χ0v) is 12.7. The molecule has 0 saturated carbocycles.